The molecule has 0 rings (SSSR count). The Kier molecular flexibility index (Phi) is 31.1. The van der Waals surface area contributed by atoms with Crippen LogP contribution in [0.25, 0.3) is 0 Å². The Balaban J connectivity index is 4.58. The number of ether oxygens (including phenoxy) is 2. The van der Waals surface area contributed by atoms with Gasteiger partial charge in [-0.05, 0) is 64.2 Å². The molecule has 0 fully saturated rings. The maximum absolute atomic E-state index is 12.6. The van der Waals surface area contributed by atoms with Gasteiger partial charge in [0.15, 0.2) is 6.10 Å². The maximum atomic E-state index is 12.6. The summed E-state index contributed by atoms with van der Waals surface area (Å²) in [7, 11) is 1.11. The van der Waals surface area contributed by atoms with Gasteiger partial charge in [0.25, 0.3) is 7.82 Å². The average Bonchev–Trinajstić information content (AvgIpc) is 3.06. The third-order valence-corrected chi connectivity index (χ3v) is 8.50. The molecule has 0 radical (unpaired) electrons. The van der Waals surface area contributed by atoms with Gasteiger partial charge in [0.1, 0.15) is 19.8 Å². The summed E-state index contributed by atoms with van der Waals surface area (Å²) in [5.41, 5.74) is 0. The van der Waals surface area contributed by atoms with Crippen LogP contribution in [0.3, 0.4) is 0 Å². The van der Waals surface area contributed by atoms with Crippen LogP contribution < -0.4 is 4.89 Å². The van der Waals surface area contributed by atoms with Crippen LogP contribution in [-0.2, 0) is 32.7 Å². The molecule has 0 aliphatic rings. The van der Waals surface area contributed by atoms with E-state index in [1.165, 1.54) is 32.1 Å². The molecule has 2 unspecified atom stereocenters. The van der Waals surface area contributed by atoms with E-state index in [-0.39, 0.29) is 26.1 Å². The number of quaternary nitrogens is 1. The first kappa shape index (κ1) is 47.7. The molecule has 0 aromatic heterocycles. The van der Waals surface area contributed by atoms with Crippen molar-refractivity contribution in [2.45, 2.75) is 136 Å². The molecule has 0 saturated carbocycles. The fourth-order valence-corrected chi connectivity index (χ4v) is 5.27. The topological polar surface area (TPSA) is 111 Å². The molecule has 0 aromatic carbocycles. The normalized spacial score (nSPS) is 14.4. The minimum atomic E-state index is -4.64. The van der Waals surface area contributed by atoms with Crippen molar-refractivity contribution in [2.24, 2.45) is 0 Å². The van der Waals surface area contributed by atoms with Crippen molar-refractivity contribution in [3.8, 4) is 0 Å². The molecule has 0 aliphatic heterocycles. The number of allylic oxidation sites excluding steroid dienone is 10. The second-order valence-corrected chi connectivity index (χ2v) is 15.0. The van der Waals surface area contributed by atoms with Gasteiger partial charge < -0.3 is 27.9 Å². The number of nitrogens with zero attached hydrogens (tertiary/aromatic N) is 1. The van der Waals surface area contributed by atoms with E-state index in [9.17, 15) is 19.0 Å². The van der Waals surface area contributed by atoms with E-state index < -0.39 is 32.5 Å². The SMILES string of the molecule is CC/C=C\C/C=C\C/C=C\C/C=C\CCC(=O)OC(COC(=O)CCCCCCC/C=C\CCCCCC)COP(=O)([O-])OCC[N+](C)(C)C. The summed E-state index contributed by atoms with van der Waals surface area (Å²) in [6.07, 6.45) is 37.0. The Morgan fingerprint density at radius 2 is 1.18 bits per heavy atom. The van der Waals surface area contributed by atoms with Crippen LogP contribution in [0.15, 0.2) is 60.8 Å². The first-order chi connectivity index (χ1) is 24.0. The van der Waals surface area contributed by atoms with Crippen molar-refractivity contribution >= 4 is 19.8 Å². The van der Waals surface area contributed by atoms with Crippen molar-refractivity contribution in [3.05, 3.63) is 60.8 Å². The highest BCUT2D eigenvalue weighted by Crippen LogP contribution is 2.38. The monoisotopic (exact) mass is 723 g/mol. The van der Waals surface area contributed by atoms with Gasteiger partial charge in [0.2, 0.25) is 0 Å². The van der Waals surface area contributed by atoms with Crippen molar-refractivity contribution in [1.29, 1.82) is 0 Å². The number of phosphoric ester groups is 1. The van der Waals surface area contributed by atoms with Gasteiger partial charge >= 0.3 is 11.9 Å². The molecule has 0 aromatic rings. The van der Waals surface area contributed by atoms with Crippen molar-refractivity contribution in [1.82, 2.24) is 0 Å². The van der Waals surface area contributed by atoms with E-state index >= 15 is 0 Å². The van der Waals surface area contributed by atoms with Gasteiger partial charge in [-0.25, -0.2) is 0 Å². The molecule has 0 amide bonds. The predicted octanol–water partition coefficient (Wildman–Crippen LogP) is 9.49. The highest BCUT2D eigenvalue weighted by Gasteiger charge is 2.21. The zero-order valence-electron chi connectivity index (χ0n) is 32.1. The zero-order chi connectivity index (χ0) is 37.2. The third kappa shape index (κ3) is 35.5. The summed E-state index contributed by atoms with van der Waals surface area (Å²) >= 11 is 0. The molecule has 0 N–H and O–H groups in total. The van der Waals surface area contributed by atoms with E-state index in [0.29, 0.717) is 23.9 Å². The number of hydrogen-bond acceptors (Lipinski definition) is 8. The Morgan fingerprint density at radius 3 is 1.78 bits per heavy atom. The van der Waals surface area contributed by atoms with Crippen molar-refractivity contribution < 1.29 is 42.1 Å². The summed E-state index contributed by atoms with van der Waals surface area (Å²) < 4.78 is 33.6. The fraction of sp³-hybridized carbons (Fsp3) is 0.700. The molecule has 0 spiro atoms. The standard InChI is InChI=1S/C40H70NO8P/c1-6-8-10-12-14-16-18-20-22-24-26-28-30-32-39(42)46-36-38(37-48-50(44,45)47-35-34-41(3,4)5)49-40(43)33-31-29-27-25-23-21-19-17-15-13-11-9-7-2/h9,11,15-18,21,23,27,29,38H,6-8,10,12-14,19-20,22,24-26,28,30-37H2,1-5H3/b11-9-,17-15-,18-16-,23-21-,29-27-. The highest BCUT2D eigenvalue weighted by atomic mass is 31.2. The van der Waals surface area contributed by atoms with Crippen LogP contribution in [0.5, 0.6) is 0 Å². The fourth-order valence-electron chi connectivity index (χ4n) is 4.54. The first-order valence-corrected chi connectivity index (χ1v) is 20.5. The van der Waals surface area contributed by atoms with Gasteiger partial charge in [-0.3, -0.25) is 14.2 Å². The number of esters is 2. The number of hydrogen-bond donors (Lipinski definition) is 0. The lowest BCUT2D eigenvalue weighted by molar-refractivity contribution is -0.870. The van der Waals surface area contributed by atoms with Gasteiger partial charge in [-0.15, -0.1) is 0 Å². The van der Waals surface area contributed by atoms with E-state index in [0.717, 1.165) is 57.8 Å². The molecule has 0 saturated heterocycles. The van der Waals surface area contributed by atoms with E-state index in [1.54, 1.807) is 0 Å². The number of unbranched alkanes of at least 4 members (excludes halogenated alkanes) is 9. The number of carbonyl (C=O) groups is 2. The first-order valence-electron chi connectivity index (χ1n) is 19.0. The Labute approximate surface area is 305 Å². The molecule has 0 heterocycles. The summed E-state index contributed by atoms with van der Waals surface area (Å²) in [4.78, 5) is 37.3. The smallest absolute Gasteiger partial charge is 0.306 e. The quantitative estimate of drug-likeness (QED) is 0.0217. The molecule has 10 heteroatoms. The largest absolute Gasteiger partial charge is 0.756 e. The molecule has 0 aliphatic carbocycles. The van der Waals surface area contributed by atoms with Crippen LogP contribution in [0.4, 0.5) is 0 Å². The summed E-state index contributed by atoms with van der Waals surface area (Å²) in [5.74, 6) is -0.948. The average molecular weight is 724 g/mol. The molecular weight excluding hydrogens is 653 g/mol. The van der Waals surface area contributed by atoms with Crippen molar-refractivity contribution in [2.75, 3.05) is 47.5 Å². The lowest BCUT2D eigenvalue weighted by Gasteiger charge is -2.28. The highest BCUT2D eigenvalue weighted by molar-refractivity contribution is 7.45. The maximum Gasteiger partial charge on any atom is 0.306 e. The van der Waals surface area contributed by atoms with Gasteiger partial charge in [0.05, 0.1) is 27.7 Å². The molecule has 50 heavy (non-hydrogen) atoms. The second kappa shape index (κ2) is 32.6. The summed E-state index contributed by atoms with van der Waals surface area (Å²) in [5, 5.41) is 0. The second-order valence-electron chi connectivity index (χ2n) is 13.6. The Morgan fingerprint density at radius 1 is 0.640 bits per heavy atom. The van der Waals surface area contributed by atoms with Gasteiger partial charge in [0, 0.05) is 12.8 Å². The van der Waals surface area contributed by atoms with E-state index in [2.05, 4.69) is 62.5 Å². The van der Waals surface area contributed by atoms with Crippen molar-refractivity contribution in [3.63, 3.8) is 0 Å². The number of likely N-dealkylation sites (N-methyl/N-ethyl adjacent to an activating group) is 1. The third-order valence-electron chi connectivity index (χ3n) is 7.54. The Hall–Kier alpha value is -2.29. The number of phosphoric acid groups is 1. The van der Waals surface area contributed by atoms with Gasteiger partial charge in [-0.1, -0.05) is 113 Å². The van der Waals surface area contributed by atoms with Crippen LogP contribution in [0, 0.1) is 0 Å². The lowest BCUT2D eigenvalue weighted by atomic mass is 10.1. The Bertz CT molecular complexity index is 1040. The van der Waals surface area contributed by atoms with E-state index in [4.69, 9.17) is 18.5 Å². The molecular formula is C40H70NO8P. The molecule has 2 atom stereocenters. The molecule has 9 nitrogen and oxygen atoms in total. The molecule has 0 bridgehead atoms. The van der Waals surface area contributed by atoms with Crippen LogP contribution in [0.1, 0.15) is 129 Å². The van der Waals surface area contributed by atoms with Crippen LogP contribution in [-0.4, -0.2) is 70.0 Å². The van der Waals surface area contributed by atoms with Gasteiger partial charge in [-0.2, -0.15) is 0 Å². The zero-order valence-corrected chi connectivity index (χ0v) is 33.0. The minimum Gasteiger partial charge on any atom is -0.756 e. The summed E-state index contributed by atoms with van der Waals surface area (Å²) in [6.45, 7) is 3.96. The lowest BCUT2D eigenvalue weighted by Crippen LogP contribution is -2.37. The van der Waals surface area contributed by atoms with Crippen LogP contribution in [0.2, 0.25) is 0 Å². The number of rotatable bonds is 33. The number of carbonyl (C=O) groups excluding carboxylic acids is 2. The predicted molar refractivity (Wildman–Crippen MR) is 203 cm³/mol. The van der Waals surface area contributed by atoms with E-state index in [1.807, 2.05) is 33.3 Å². The minimum absolute atomic E-state index is 0.0472. The summed E-state index contributed by atoms with van der Waals surface area (Å²) in [6, 6.07) is 0. The van der Waals surface area contributed by atoms with Crippen LogP contribution >= 0.6 is 7.82 Å². The molecule has 288 valence electrons.